The molecule has 0 aromatic heterocycles. The van der Waals surface area contributed by atoms with Crippen LogP contribution in [0.25, 0.3) is 11.1 Å². The van der Waals surface area contributed by atoms with Crippen molar-refractivity contribution in [3.8, 4) is 11.1 Å². The highest BCUT2D eigenvalue weighted by Crippen LogP contribution is 2.39. The third-order valence-electron chi connectivity index (χ3n) is 5.69. The molecule has 0 unspecified atom stereocenters. The lowest BCUT2D eigenvalue weighted by molar-refractivity contribution is -0.131. The van der Waals surface area contributed by atoms with Crippen LogP contribution in [0.4, 0.5) is 0 Å². The summed E-state index contributed by atoms with van der Waals surface area (Å²) in [6.45, 7) is 3.01. The highest BCUT2D eigenvalue weighted by Gasteiger charge is 2.49. The van der Waals surface area contributed by atoms with Crippen molar-refractivity contribution in [2.75, 3.05) is 13.6 Å². The van der Waals surface area contributed by atoms with Gasteiger partial charge in [-0.25, -0.2) is 0 Å². The molecule has 3 nitrogen and oxygen atoms in total. The molecule has 0 bridgehead atoms. The molecule has 1 amide bonds. The van der Waals surface area contributed by atoms with Gasteiger partial charge in [0.05, 0.1) is 0 Å². The molecule has 2 aromatic carbocycles. The largest absolute Gasteiger partial charge is 0.344 e. The molecule has 0 aliphatic carbocycles. The minimum absolute atomic E-state index is 0.264. The molecule has 2 aliphatic heterocycles. The van der Waals surface area contributed by atoms with Crippen molar-refractivity contribution in [2.24, 2.45) is 0 Å². The third-order valence-corrected chi connectivity index (χ3v) is 5.69. The van der Waals surface area contributed by atoms with Gasteiger partial charge in [-0.3, -0.25) is 10.1 Å². The second kappa shape index (κ2) is 5.75. The van der Waals surface area contributed by atoms with E-state index >= 15 is 0 Å². The second-order valence-corrected chi connectivity index (χ2v) is 7.23. The molecule has 0 saturated carbocycles. The van der Waals surface area contributed by atoms with Gasteiger partial charge >= 0.3 is 0 Å². The predicted molar refractivity (Wildman–Crippen MR) is 96.7 cm³/mol. The summed E-state index contributed by atoms with van der Waals surface area (Å²) in [5.74, 6) is 0.264. The number of nitrogens with one attached hydrogen (secondary N) is 1. The number of hydrogen-bond acceptors (Lipinski definition) is 2. The van der Waals surface area contributed by atoms with Crippen molar-refractivity contribution >= 4 is 5.91 Å². The van der Waals surface area contributed by atoms with Gasteiger partial charge < -0.3 is 4.90 Å². The number of carbonyl (C=O) groups excluding carboxylic acids is 1. The molecule has 124 valence electrons. The molecule has 2 aliphatic rings. The van der Waals surface area contributed by atoms with E-state index < -0.39 is 0 Å². The summed E-state index contributed by atoms with van der Waals surface area (Å²) in [4.78, 5) is 14.4. The summed E-state index contributed by atoms with van der Waals surface area (Å²) in [5.41, 5.74) is 4.79. The van der Waals surface area contributed by atoms with Crippen LogP contribution in [0.2, 0.25) is 0 Å². The van der Waals surface area contributed by atoms with E-state index in [1.807, 2.05) is 11.9 Å². The van der Waals surface area contributed by atoms with Crippen molar-refractivity contribution in [3.05, 3.63) is 59.7 Å². The molecule has 0 radical (unpaired) electrons. The predicted octanol–water partition coefficient (Wildman–Crippen LogP) is 3.69. The Bertz CT molecular complexity index is 785. The van der Waals surface area contributed by atoms with Crippen LogP contribution in [0.5, 0.6) is 0 Å². The van der Waals surface area contributed by atoms with Gasteiger partial charge in [-0.05, 0) is 54.5 Å². The van der Waals surface area contributed by atoms with E-state index in [1.165, 1.54) is 22.3 Å². The zero-order valence-electron chi connectivity index (χ0n) is 14.4. The molecular weight excluding hydrogens is 296 g/mol. The Balaban J connectivity index is 1.62. The van der Waals surface area contributed by atoms with Crippen molar-refractivity contribution in [3.63, 3.8) is 0 Å². The van der Waals surface area contributed by atoms with Crippen molar-refractivity contribution < 1.29 is 4.79 Å². The zero-order chi connectivity index (χ0) is 16.7. The number of nitrogens with zero attached hydrogens (tertiary/aromatic N) is 1. The lowest BCUT2D eigenvalue weighted by Gasteiger charge is -2.23. The van der Waals surface area contributed by atoms with E-state index in [-0.39, 0.29) is 17.5 Å². The number of carbonyl (C=O) groups is 1. The van der Waals surface area contributed by atoms with Gasteiger partial charge in [-0.1, -0.05) is 42.5 Å². The molecule has 2 heterocycles. The molecule has 24 heavy (non-hydrogen) atoms. The minimum Gasteiger partial charge on any atom is -0.344 e. The van der Waals surface area contributed by atoms with Crippen LogP contribution < -0.4 is 5.32 Å². The number of likely N-dealkylation sites (N-methyl/N-ethyl adjacent to an activating group) is 1. The van der Waals surface area contributed by atoms with E-state index in [9.17, 15) is 4.79 Å². The number of likely N-dealkylation sites (tertiary alicyclic amines) is 1. The standard InChI is InChI=1S/C21H24N2O/c1-15-6-3-4-9-18(15)16-7-5-8-17(14-16)19-10-11-21(22-19)12-13-23(2)20(21)24/h3-9,14,19,22H,10-13H2,1-2H3/t19-,21+/m1/s1. The first-order valence-corrected chi connectivity index (χ1v) is 8.78. The maximum absolute atomic E-state index is 12.5. The lowest BCUT2D eigenvalue weighted by Crippen LogP contribution is -2.47. The Labute approximate surface area is 143 Å². The quantitative estimate of drug-likeness (QED) is 0.915. The molecule has 3 heteroatoms. The van der Waals surface area contributed by atoms with Gasteiger partial charge in [0.25, 0.3) is 0 Å². The van der Waals surface area contributed by atoms with E-state index in [1.54, 1.807) is 0 Å². The van der Waals surface area contributed by atoms with Crippen LogP contribution in [0.3, 0.4) is 0 Å². The lowest BCUT2D eigenvalue weighted by atomic mass is 9.95. The Morgan fingerprint density at radius 1 is 1.12 bits per heavy atom. The summed E-state index contributed by atoms with van der Waals surface area (Å²) in [6.07, 6.45) is 2.89. The number of aryl methyl sites for hydroxylation is 1. The van der Waals surface area contributed by atoms with Crippen molar-refractivity contribution in [1.29, 1.82) is 0 Å². The molecule has 2 aromatic rings. The van der Waals surface area contributed by atoms with Gasteiger partial charge in [0.15, 0.2) is 0 Å². The fraction of sp³-hybridized carbons (Fsp3) is 0.381. The molecular formula is C21H24N2O. The fourth-order valence-electron chi connectivity index (χ4n) is 4.24. The molecule has 2 atom stereocenters. The van der Waals surface area contributed by atoms with Crippen LogP contribution in [0, 0.1) is 6.92 Å². The van der Waals surface area contributed by atoms with Crippen LogP contribution >= 0.6 is 0 Å². The average molecular weight is 320 g/mol. The van der Waals surface area contributed by atoms with Gasteiger partial charge in [-0.2, -0.15) is 0 Å². The van der Waals surface area contributed by atoms with E-state index in [0.29, 0.717) is 0 Å². The number of hydrogen-bond donors (Lipinski definition) is 1. The number of amides is 1. The van der Waals surface area contributed by atoms with Gasteiger partial charge in [-0.15, -0.1) is 0 Å². The van der Waals surface area contributed by atoms with Gasteiger partial charge in [0.2, 0.25) is 5.91 Å². The second-order valence-electron chi connectivity index (χ2n) is 7.23. The smallest absolute Gasteiger partial charge is 0.242 e. The van der Waals surface area contributed by atoms with Crippen molar-refractivity contribution in [1.82, 2.24) is 10.2 Å². The van der Waals surface area contributed by atoms with Crippen LogP contribution in [0.1, 0.15) is 36.4 Å². The summed E-state index contributed by atoms with van der Waals surface area (Å²) in [6, 6.07) is 17.5. The summed E-state index contributed by atoms with van der Waals surface area (Å²) < 4.78 is 0. The fourth-order valence-corrected chi connectivity index (χ4v) is 4.24. The Morgan fingerprint density at radius 3 is 2.71 bits per heavy atom. The van der Waals surface area contributed by atoms with E-state index in [2.05, 4.69) is 60.8 Å². The Hall–Kier alpha value is -2.13. The van der Waals surface area contributed by atoms with E-state index in [0.717, 1.165) is 25.8 Å². The van der Waals surface area contributed by atoms with E-state index in [4.69, 9.17) is 0 Å². The third kappa shape index (κ3) is 2.44. The van der Waals surface area contributed by atoms with Crippen LogP contribution in [0.15, 0.2) is 48.5 Å². The molecule has 1 spiro atoms. The first kappa shape index (κ1) is 15.4. The highest BCUT2D eigenvalue weighted by atomic mass is 16.2. The molecule has 2 saturated heterocycles. The van der Waals surface area contributed by atoms with Crippen molar-refractivity contribution in [2.45, 2.75) is 37.8 Å². The first-order valence-electron chi connectivity index (χ1n) is 8.78. The average Bonchev–Trinajstić information content (AvgIpc) is 3.16. The number of rotatable bonds is 2. The number of benzene rings is 2. The summed E-state index contributed by atoms with van der Waals surface area (Å²) >= 11 is 0. The normalized spacial score (nSPS) is 26.5. The minimum atomic E-state index is -0.321. The van der Waals surface area contributed by atoms with Gasteiger partial charge in [0.1, 0.15) is 5.54 Å². The van der Waals surface area contributed by atoms with Crippen LogP contribution in [-0.2, 0) is 4.79 Å². The zero-order valence-corrected chi connectivity index (χ0v) is 14.4. The highest BCUT2D eigenvalue weighted by molar-refractivity contribution is 5.88. The Morgan fingerprint density at radius 2 is 1.96 bits per heavy atom. The van der Waals surface area contributed by atoms with Crippen LogP contribution in [-0.4, -0.2) is 29.9 Å². The maximum atomic E-state index is 12.5. The first-order chi connectivity index (χ1) is 11.6. The Kier molecular flexibility index (Phi) is 3.69. The maximum Gasteiger partial charge on any atom is 0.242 e. The van der Waals surface area contributed by atoms with Gasteiger partial charge in [0, 0.05) is 19.6 Å². The topological polar surface area (TPSA) is 32.3 Å². The SMILES string of the molecule is Cc1ccccc1-c1cccc([C@H]2CC[C@@]3(CCN(C)C3=O)N2)c1. The molecule has 2 fully saturated rings. The monoisotopic (exact) mass is 320 g/mol. The summed E-state index contributed by atoms with van der Waals surface area (Å²) in [5, 5.41) is 3.66. The molecule has 4 rings (SSSR count). The molecule has 1 N–H and O–H groups in total. The summed E-state index contributed by atoms with van der Waals surface area (Å²) in [7, 11) is 1.91.